The molecule has 1 aromatic rings. The minimum Gasteiger partial charge on any atom is -0.395 e. The van der Waals surface area contributed by atoms with Crippen LogP contribution in [-0.2, 0) is 11.3 Å². The van der Waals surface area contributed by atoms with E-state index in [4.69, 9.17) is 9.84 Å². The van der Waals surface area contributed by atoms with Crippen LogP contribution in [0.25, 0.3) is 0 Å². The van der Waals surface area contributed by atoms with Crippen molar-refractivity contribution in [3.05, 3.63) is 35.4 Å². The first kappa shape index (κ1) is 13.6. The number of ether oxygens (including phenoxy) is 1. The molecule has 0 aliphatic carbocycles. The average molecular weight is 271 g/mol. The number of aliphatic hydroxyl groups excluding tert-OH is 1. The lowest BCUT2D eigenvalue weighted by molar-refractivity contribution is -0.0410. The second-order valence-electron chi connectivity index (χ2n) is 5.62. The molecule has 3 heteroatoms. The van der Waals surface area contributed by atoms with Crippen molar-refractivity contribution in [1.82, 2.24) is 4.90 Å². The summed E-state index contributed by atoms with van der Waals surface area (Å²) in [5.74, 6) is 6.00. The first-order valence-corrected chi connectivity index (χ1v) is 7.40. The fourth-order valence-electron chi connectivity index (χ4n) is 3.00. The average Bonchev–Trinajstić information content (AvgIpc) is 2.80. The van der Waals surface area contributed by atoms with Gasteiger partial charge >= 0.3 is 0 Å². The molecule has 20 heavy (non-hydrogen) atoms. The molecule has 2 unspecified atom stereocenters. The Labute approximate surface area is 120 Å². The first-order valence-electron chi connectivity index (χ1n) is 7.40. The highest BCUT2D eigenvalue weighted by atomic mass is 16.5. The number of aliphatic hydroxyl groups is 1. The SMILES string of the molecule is OCCC#Cc1ccc(CN2CC3CCC(C2)O3)cc1. The van der Waals surface area contributed by atoms with E-state index in [-0.39, 0.29) is 6.61 Å². The number of hydrogen-bond acceptors (Lipinski definition) is 3. The largest absolute Gasteiger partial charge is 0.395 e. The Morgan fingerprint density at radius 3 is 2.50 bits per heavy atom. The molecule has 2 heterocycles. The lowest BCUT2D eigenvalue weighted by Crippen LogP contribution is -2.41. The van der Waals surface area contributed by atoms with E-state index in [1.165, 1.54) is 18.4 Å². The molecule has 2 aliphatic rings. The van der Waals surface area contributed by atoms with Crippen LogP contribution < -0.4 is 0 Å². The van der Waals surface area contributed by atoms with Crippen LogP contribution in [-0.4, -0.2) is 41.9 Å². The number of nitrogens with zero attached hydrogens (tertiary/aromatic N) is 1. The lowest BCUT2D eigenvalue weighted by Gasteiger charge is -2.32. The molecule has 0 saturated carbocycles. The molecule has 1 aromatic carbocycles. The molecule has 2 aliphatic heterocycles. The highest BCUT2D eigenvalue weighted by Crippen LogP contribution is 2.27. The Morgan fingerprint density at radius 1 is 1.15 bits per heavy atom. The minimum atomic E-state index is 0.129. The predicted octanol–water partition coefficient (Wildman–Crippen LogP) is 1.78. The molecule has 3 nitrogen and oxygen atoms in total. The zero-order valence-electron chi connectivity index (χ0n) is 11.7. The van der Waals surface area contributed by atoms with Gasteiger partial charge in [0.25, 0.3) is 0 Å². The molecule has 2 saturated heterocycles. The molecule has 0 amide bonds. The van der Waals surface area contributed by atoms with E-state index in [1.807, 2.05) is 0 Å². The van der Waals surface area contributed by atoms with E-state index in [1.54, 1.807) is 0 Å². The van der Waals surface area contributed by atoms with Crippen LogP contribution in [0.4, 0.5) is 0 Å². The van der Waals surface area contributed by atoms with Gasteiger partial charge in [0.1, 0.15) is 0 Å². The lowest BCUT2D eigenvalue weighted by atomic mass is 10.1. The third-order valence-corrected chi connectivity index (χ3v) is 3.95. The number of hydrogen-bond donors (Lipinski definition) is 1. The van der Waals surface area contributed by atoms with Crippen LogP contribution in [0.3, 0.4) is 0 Å². The number of morpholine rings is 1. The van der Waals surface area contributed by atoms with E-state index in [2.05, 4.69) is 41.0 Å². The number of fused-ring (bicyclic) bond motifs is 2. The van der Waals surface area contributed by atoms with Gasteiger partial charge in [-0.3, -0.25) is 4.90 Å². The van der Waals surface area contributed by atoms with E-state index in [9.17, 15) is 0 Å². The van der Waals surface area contributed by atoms with E-state index >= 15 is 0 Å². The second-order valence-corrected chi connectivity index (χ2v) is 5.62. The molecular weight excluding hydrogens is 250 g/mol. The predicted molar refractivity (Wildman–Crippen MR) is 78.2 cm³/mol. The summed E-state index contributed by atoms with van der Waals surface area (Å²) in [7, 11) is 0. The summed E-state index contributed by atoms with van der Waals surface area (Å²) in [5.41, 5.74) is 2.35. The van der Waals surface area contributed by atoms with Crippen molar-refractivity contribution in [2.45, 2.75) is 38.0 Å². The van der Waals surface area contributed by atoms with Crippen LogP contribution >= 0.6 is 0 Å². The summed E-state index contributed by atoms with van der Waals surface area (Å²) in [6.07, 6.45) is 3.90. The number of benzene rings is 1. The van der Waals surface area contributed by atoms with E-state index < -0.39 is 0 Å². The van der Waals surface area contributed by atoms with Crippen molar-refractivity contribution in [1.29, 1.82) is 0 Å². The van der Waals surface area contributed by atoms with Gasteiger partial charge in [-0.2, -0.15) is 0 Å². The molecule has 106 valence electrons. The maximum Gasteiger partial charge on any atom is 0.0707 e. The zero-order chi connectivity index (χ0) is 13.8. The van der Waals surface area contributed by atoms with Crippen molar-refractivity contribution >= 4 is 0 Å². The number of likely N-dealkylation sites (tertiary alicyclic amines) is 1. The number of rotatable bonds is 3. The second kappa shape index (κ2) is 6.41. The zero-order valence-corrected chi connectivity index (χ0v) is 11.7. The van der Waals surface area contributed by atoms with Crippen molar-refractivity contribution in [2.75, 3.05) is 19.7 Å². The summed E-state index contributed by atoms with van der Waals surface area (Å²) in [5, 5.41) is 8.70. The van der Waals surface area contributed by atoms with Gasteiger partial charge in [0.05, 0.1) is 18.8 Å². The van der Waals surface area contributed by atoms with Crippen molar-refractivity contribution in [3.8, 4) is 11.8 Å². The molecule has 2 atom stereocenters. The molecule has 3 rings (SSSR count). The maximum atomic E-state index is 8.70. The molecule has 0 aromatic heterocycles. The van der Waals surface area contributed by atoms with Crippen molar-refractivity contribution < 1.29 is 9.84 Å². The Kier molecular flexibility index (Phi) is 4.37. The summed E-state index contributed by atoms with van der Waals surface area (Å²) >= 11 is 0. The van der Waals surface area contributed by atoms with Gasteiger partial charge in [0, 0.05) is 31.6 Å². The topological polar surface area (TPSA) is 32.7 Å². The molecular formula is C17H21NO2. The summed E-state index contributed by atoms with van der Waals surface area (Å²) in [4.78, 5) is 2.50. The van der Waals surface area contributed by atoms with Gasteiger partial charge in [-0.1, -0.05) is 24.0 Å². The van der Waals surface area contributed by atoms with Crippen molar-refractivity contribution in [3.63, 3.8) is 0 Å². The third-order valence-electron chi connectivity index (χ3n) is 3.95. The van der Waals surface area contributed by atoms with Gasteiger partial charge in [-0.05, 0) is 30.5 Å². The van der Waals surface area contributed by atoms with Crippen LogP contribution in [0.1, 0.15) is 30.4 Å². The molecule has 0 spiro atoms. The monoisotopic (exact) mass is 271 g/mol. The minimum absolute atomic E-state index is 0.129. The van der Waals surface area contributed by atoms with E-state index in [0.29, 0.717) is 18.6 Å². The quantitative estimate of drug-likeness (QED) is 0.851. The van der Waals surface area contributed by atoms with Gasteiger partial charge in [-0.15, -0.1) is 0 Å². The van der Waals surface area contributed by atoms with Gasteiger partial charge in [-0.25, -0.2) is 0 Å². The fourth-order valence-corrected chi connectivity index (χ4v) is 3.00. The molecule has 2 fully saturated rings. The molecule has 0 radical (unpaired) electrons. The van der Waals surface area contributed by atoms with Crippen LogP contribution in [0, 0.1) is 11.8 Å². The highest BCUT2D eigenvalue weighted by Gasteiger charge is 2.33. The Balaban J connectivity index is 1.57. The van der Waals surface area contributed by atoms with Crippen LogP contribution in [0.2, 0.25) is 0 Å². The maximum absolute atomic E-state index is 8.70. The Morgan fingerprint density at radius 2 is 1.85 bits per heavy atom. The van der Waals surface area contributed by atoms with Gasteiger partial charge < -0.3 is 9.84 Å². The standard InChI is InChI=1S/C17H21NO2/c19-10-2-1-3-14-4-6-15(7-5-14)11-18-12-16-8-9-17(13-18)20-16/h4-7,16-17,19H,2,8-13H2. The van der Waals surface area contributed by atoms with Crippen molar-refractivity contribution in [2.24, 2.45) is 0 Å². The van der Waals surface area contributed by atoms with Gasteiger partial charge in [0.15, 0.2) is 0 Å². The van der Waals surface area contributed by atoms with Crippen LogP contribution in [0.5, 0.6) is 0 Å². The van der Waals surface area contributed by atoms with Crippen LogP contribution in [0.15, 0.2) is 24.3 Å². The van der Waals surface area contributed by atoms with Gasteiger partial charge in [0.2, 0.25) is 0 Å². The molecule has 2 bridgehead atoms. The first-order chi connectivity index (χ1) is 9.83. The third kappa shape index (κ3) is 3.40. The Bertz CT molecular complexity index is 488. The highest BCUT2D eigenvalue weighted by molar-refractivity contribution is 5.36. The Hall–Kier alpha value is -1.34. The fraction of sp³-hybridized carbons (Fsp3) is 0.529. The normalized spacial score (nSPS) is 25.2. The van der Waals surface area contributed by atoms with E-state index in [0.717, 1.165) is 25.2 Å². The molecule has 1 N–H and O–H groups in total. The summed E-state index contributed by atoms with van der Waals surface area (Å²) < 4.78 is 5.86. The summed E-state index contributed by atoms with van der Waals surface area (Å²) in [6, 6.07) is 8.43. The summed E-state index contributed by atoms with van der Waals surface area (Å²) in [6.45, 7) is 3.26. The smallest absolute Gasteiger partial charge is 0.0707 e.